The van der Waals surface area contributed by atoms with Gasteiger partial charge in [-0.2, -0.15) is 0 Å². The number of likely N-dealkylation sites (N-methyl/N-ethyl adjacent to an activating group) is 1. The number of para-hydroxylation sites is 2. The molecule has 0 saturated carbocycles. The summed E-state index contributed by atoms with van der Waals surface area (Å²) < 4.78 is 0. The molecule has 0 aromatic heterocycles. The molecule has 7 heteroatoms. The van der Waals surface area contributed by atoms with Crippen molar-refractivity contribution in [3.8, 4) is 0 Å². The monoisotopic (exact) mass is 426 g/mol. The Morgan fingerprint density at radius 2 is 1.31 bits per heavy atom. The van der Waals surface area contributed by atoms with Crippen LogP contribution in [0, 0.1) is 0 Å². The summed E-state index contributed by atoms with van der Waals surface area (Å²) >= 11 is 0. The van der Waals surface area contributed by atoms with Crippen LogP contribution in [-0.2, 0) is 17.0 Å². The van der Waals surface area contributed by atoms with E-state index in [9.17, 15) is 14.4 Å². The van der Waals surface area contributed by atoms with Crippen molar-refractivity contribution in [2.75, 3.05) is 23.9 Å². The summed E-state index contributed by atoms with van der Waals surface area (Å²) in [6, 6.07) is 24.7. The van der Waals surface area contributed by atoms with Crippen molar-refractivity contribution in [1.29, 1.82) is 0 Å². The van der Waals surface area contributed by atoms with Gasteiger partial charge in [0.1, 0.15) is 0 Å². The smallest absolute Gasteiger partial charge is 0.297 e. The highest BCUT2D eigenvalue weighted by Crippen LogP contribution is 2.49. The highest BCUT2D eigenvalue weighted by molar-refractivity contribution is 6.18. The number of carbonyl (C=O) groups excluding carboxylic acids is 3. The number of rotatable bonds is 3. The first-order chi connectivity index (χ1) is 15.5. The molecular formula is C25H22N4O3. The Bertz CT molecular complexity index is 1210. The number of hydrogen-bond donors (Lipinski definition) is 0. The van der Waals surface area contributed by atoms with Gasteiger partial charge in [-0.25, -0.2) is 9.59 Å². The SMILES string of the molecule is CN1C(=O)N(c2ccccc2)C2(C(=O)N(Cc3ccccc3)C(=O)N2C)c2ccccc21. The van der Waals surface area contributed by atoms with Gasteiger partial charge in [0.2, 0.25) is 5.66 Å². The molecule has 1 spiro atoms. The van der Waals surface area contributed by atoms with E-state index in [4.69, 9.17) is 0 Å². The minimum atomic E-state index is -1.62. The lowest BCUT2D eigenvalue weighted by Gasteiger charge is -2.48. The summed E-state index contributed by atoms with van der Waals surface area (Å²) in [5.74, 6) is -0.452. The van der Waals surface area contributed by atoms with E-state index in [1.165, 1.54) is 19.6 Å². The highest BCUT2D eigenvalue weighted by Gasteiger charge is 2.65. The quantitative estimate of drug-likeness (QED) is 0.595. The second-order valence-corrected chi connectivity index (χ2v) is 7.92. The summed E-state index contributed by atoms with van der Waals surface area (Å²) in [5.41, 5.74) is 0.932. The van der Waals surface area contributed by atoms with E-state index in [-0.39, 0.29) is 12.6 Å². The third-order valence-corrected chi connectivity index (χ3v) is 6.19. The van der Waals surface area contributed by atoms with Crippen LogP contribution in [0.3, 0.4) is 0 Å². The summed E-state index contributed by atoms with van der Waals surface area (Å²) in [5, 5.41) is 0. The second kappa shape index (κ2) is 7.23. The van der Waals surface area contributed by atoms with Gasteiger partial charge in [-0.15, -0.1) is 0 Å². The van der Waals surface area contributed by atoms with E-state index in [0.29, 0.717) is 16.9 Å². The Kier molecular flexibility index (Phi) is 4.48. The lowest BCUT2D eigenvalue weighted by atomic mass is 9.90. The topological polar surface area (TPSA) is 64.2 Å². The second-order valence-electron chi connectivity index (χ2n) is 7.92. The molecule has 1 unspecified atom stereocenters. The standard InChI is InChI=1S/C25H22N4O3/c1-26-21-16-10-9-15-20(21)25(29(23(26)31)19-13-7-4-8-14-19)22(30)28(24(32)27(25)2)17-18-11-5-3-6-12-18/h3-16H,17H2,1-2H3. The van der Waals surface area contributed by atoms with Gasteiger partial charge in [0.05, 0.1) is 12.2 Å². The summed E-state index contributed by atoms with van der Waals surface area (Å²) in [7, 11) is 3.25. The fourth-order valence-corrected chi connectivity index (χ4v) is 4.63. The van der Waals surface area contributed by atoms with Gasteiger partial charge < -0.3 is 0 Å². The van der Waals surface area contributed by atoms with Crippen LogP contribution in [0.1, 0.15) is 11.1 Å². The van der Waals surface area contributed by atoms with E-state index in [2.05, 4.69) is 0 Å². The number of benzene rings is 3. The minimum absolute atomic E-state index is 0.124. The largest absolute Gasteiger partial charge is 0.331 e. The Morgan fingerprint density at radius 3 is 2.00 bits per heavy atom. The number of hydrogen-bond acceptors (Lipinski definition) is 3. The van der Waals surface area contributed by atoms with Crippen LogP contribution >= 0.6 is 0 Å². The van der Waals surface area contributed by atoms with Crippen LogP contribution in [0.15, 0.2) is 84.9 Å². The number of nitrogens with zero attached hydrogens (tertiary/aromatic N) is 4. The molecule has 1 saturated heterocycles. The molecule has 2 heterocycles. The van der Waals surface area contributed by atoms with Crippen molar-refractivity contribution in [1.82, 2.24) is 9.80 Å². The fourth-order valence-electron chi connectivity index (χ4n) is 4.63. The number of carbonyl (C=O) groups is 3. The molecule has 5 rings (SSSR count). The van der Waals surface area contributed by atoms with Gasteiger partial charge >= 0.3 is 12.1 Å². The third-order valence-electron chi connectivity index (χ3n) is 6.19. The molecule has 3 aromatic carbocycles. The molecular weight excluding hydrogens is 404 g/mol. The van der Waals surface area contributed by atoms with Gasteiger partial charge in [-0.1, -0.05) is 66.7 Å². The van der Waals surface area contributed by atoms with Crippen molar-refractivity contribution in [2.24, 2.45) is 0 Å². The predicted molar refractivity (Wildman–Crippen MR) is 121 cm³/mol. The van der Waals surface area contributed by atoms with Crippen molar-refractivity contribution < 1.29 is 14.4 Å². The van der Waals surface area contributed by atoms with Crippen LogP contribution in [0.4, 0.5) is 21.0 Å². The van der Waals surface area contributed by atoms with Gasteiger partial charge in [-0.3, -0.25) is 24.4 Å². The maximum Gasteiger partial charge on any atom is 0.331 e. The first-order valence-corrected chi connectivity index (χ1v) is 10.3. The number of imide groups is 1. The van der Waals surface area contributed by atoms with E-state index in [1.54, 1.807) is 44.4 Å². The van der Waals surface area contributed by atoms with Crippen LogP contribution in [0.5, 0.6) is 0 Å². The maximum absolute atomic E-state index is 14.2. The Balaban J connectivity index is 1.74. The average Bonchev–Trinajstić information content (AvgIpc) is 3.01. The van der Waals surface area contributed by atoms with Gasteiger partial charge in [-0.05, 0) is 23.8 Å². The van der Waals surface area contributed by atoms with Crippen LogP contribution in [-0.4, -0.2) is 41.9 Å². The Morgan fingerprint density at radius 1 is 0.719 bits per heavy atom. The fraction of sp³-hybridized carbons (Fsp3) is 0.160. The molecule has 5 amide bonds. The zero-order valence-electron chi connectivity index (χ0n) is 17.8. The molecule has 0 radical (unpaired) electrons. The van der Waals surface area contributed by atoms with E-state index >= 15 is 0 Å². The molecule has 32 heavy (non-hydrogen) atoms. The zero-order chi connectivity index (χ0) is 22.5. The molecule has 0 bridgehead atoms. The summed E-state index contributed by atoms with van der Waals surface area (Å²) in [6.07, 6.45) is 0. The lowest BCUT2D eigenvalue weighted by Crippen LogP contribution is -2.66. The van der Waals surface area contributed by atoms with Crippen LogP contribution in [0.25, 0.3) is 0 Å². The molecule has 7 nitrogen and oxygen atoms in total. The first-order valence-electron chi connectivity index (χ1n) is 10.3. The van der Waals surface area contributed by atoms with Crippen LogP contribution < -0.4 is 9.80 Å². The molecule has 0 N–H and O–H groups in total. The number of anilines is 2. The molecule has 3 aromatic rings. The van der Waals surface area contributed by atoms with Crippen molar-refractivity contribution >= 4 is 29.3 Å². The van der Waals surface area contributed by atoms with E-state index in [1.807, 2.05) is 54.6 Å². The first kappa shape index (κ1) is 19.8. The van der Waals surface area contributed by atoms with Crippen molar-refractivity contribution in [3.05, 3.63) is 96.1 Å². The van der Waals surface area contributed by atoms with E-state index in [0.717, 1.165) is 5.56 Å². The molecule has 0 aliphatic carbocycles. The average molecular weight is 426 g/mol. The van der Waals surface area contributed by atoms with Gasteiger partial charge in [0.25, 0.3) is 5.91 Å². The Hall–Kier alpha value is -4.13. The number of urea groups is 2. The predicted octanol–water partition coefficient (Wildman–Crippen LogP) is 4.01. The molecule has 2 aliphatic heterocycles. The Labute approximate surface area is 186 Å². The minimum Gasteiger partial charge on any atom is -0.297 e. The maximum atomic E-state index is 14.2. The number of amides is 5. The summed E-state index contributed by atoms with van der Waals surface area (Å²) in [6.45, 7) is 0.124. The highest BCUT2D eigenvalue weighted by atomic mass is 16.2. The lowest BCUT2D eigenvalue weighted by molar-refractivity contribution is -0.133. The van der Waals surface area contributed by atoms with Crippen molar-refractivity contribution in [3.63, 3.8) is 0 Å². The zero-order valence-corrected chi connectivity index (χ0v) is 17.8. The molecule has 2 aliphatic rings. The van der Waals surface area contributed by atoms with Gasteiger partial charge in [0.15, 0.2) is 0 Å². The number of fused-ring (bicyclic) bond motifs is 2. The molecule has 160 valence electrons. The molecule has 1 atom stereocenters. The molecule has 1 fully saturated rings. The van der Waals surface area contributed by atoms with Gasteiger partial charge in [0, 0.05) is 25.3 Å². The normalized spacial score (nSPS) is 20.4. The summed E-state index contributed by atoms with van der Waals surface area (Å²) in [4.78, 5) is 46.8. The van der Waals surface area contributed by atoms with Crippen LogP contribution in [0.2, 0.25) is 0 Å². The van der Waals surface area contributed by atoms with Crippen molar-refractivity contribution in [2.45, 2.75) is 12.2 Å². The third kappa shape index (κ3) is 2.57. The van der Waals surface area contributed by atoms with E-state index < -0.39 is 17.6 Å².